The third-order valence-electron chi connectivity index (χ3n) is 6.31. The van der Waals surface area contributed by atoms with Crippen LogP contribution in [0, 0.1) is 0 Å². The summed E-state index contributed by atoms with van der Waals surface area (Å²) in [6.45, 7) is -0.227. The van der Waals surface area contributed by atoms with E-state index in [4.69, 9.17) is 26.8 Å². The molecule has 0 unspecified atom stereocenters. The molecule has 0 radical (unpaired) electrons. The maximum atomic E-state index is 13.8. The molecule has 4 N–H and O–H groups in total. The van der Waals surface area contributed by atoms with Crippen molar-refractivity contribution in [3.05, 3.63) is 96.0 Å². The molecular formula is C30H27ClN6O5S. The van der Waals surface area contributed by atoms with E-state index < -0.39 is 15.9 Å². The summed E-state index contributed by atoms with van der Waals surface area (Å²) in [6, 6.07) is 25.1. The summed E-state index contributed by atoms with van der Waals surface area (Å²) in [5, 5.41) is 3.50. The van der Waals surface area contributed by atoms with Gasteiger partial charge in [0, 0.05) is 29.6 Å². The number of aromatic nitrogens is 2. The number of benzene rings is 4. The van der Waals surface area contributed by atoms with Gasteiger partial charge in [0.1, 0.15) is 18.0 Å². The van der Waals surface area contributed by atoms with Crippen LogP contribution in [0.4, 0.5) is 28.7 Å². The van der Waals surface area contributed by atoms with Gasteiger partial charge in [0.25, 0.3) is 10.0 Å². The SMILES string of the molecule is COc1cc(Nc2nc3ccccc3nc2NS(=O)(=O)c2cccc(N(CC(N)=O)c3ccccc3Cl)c2)cc(OC)c1. The van der Waals surface area contributed by atoms with Crippen molar-refractivity contribution in [2.45, 2.75) is 4.90 Å². The first-order valence-electron chi connectivity index (χ1n) is 12.9. The lowest BCUT2D eigenvalue weighted by Gasteiger charge is -2.25. The van der Waals surface area contributed by atoms with Crippen LogP contribution >= 0.6 is 11.6 Å². The van der Waals surface area contributed by atoms with Crippen molar-refractivity contribution in [2.24, 2.45) is 5.73 Å². The quantitative estimate of drug-likeness (QED) is 0.175. The van der Waals surface area contributed by atoms with E-state index in [0.29, 0.717) is 44.6 Å². The fourth-order valence-electron chi connectivity index (χ4n) is 4.32. The van der Waals surface area contributed by atoms with Crippen molar-refractivity contribution in [3.8, 4) is 11.5 Å². The van der Waals surface area contributed by atoms with E-state index in [0.717, 1.165) is 0 Å². The predicted octanol–water partition coefficient (Wildman–Crippen LogP) is 5.47. The molecule has 1 amide bonds. The summed E-state index contributed by atoms with van der Waals surface area (Å²) in [5.74, 6) is 0.538. The van der Waals surface area contributed by atoms with Crippen LogP contribution in [-0.2, 0) is 14.8 Å². The van der Waals surface area contributed by atoms with Crippen molar-refractivity contribution in [1.29, 1.82) is 0 Å². The number of anilines is 5. The molecular weight excluding hydrogens is 592 g/mol. The van der Waals surface area contributed by atoms with Crippen LogP contribution in [0.25, 0.3) is 11.0 Å². The number of carbonyl (C=O) groups is 1. The number of rotatable bonds is 11. The second-order valence-corrected chi connectivity index (χ2v) is 11.3. The van der Waals surface area contributed by atoms with Crippen molar-refractivity contribution in [2.75, 3.05) is 35.7 Å². The molecule has 0 saturated carbocycles. The fourth-order valence-corrected chi connectivity index (χ4v) is 5.61. The van der Waals surface area contributed by atoms with Crippen LogP contribution < -0.4 is 30.1 Å². The number of nitrogens with zero attached hydrogens (tertiary/aromatic N) is 3. The molecule has 1 heterocycles. The second kappa shape index (κ2) is 12.4. The molecule has 0 aliphatic heterocycles. The van der Waals surface area contributed by atoms with Gasteiger partial charge < -0.3 is 25.4 Å². The first-order chi connectivity index (χ1) is 20.7. The van der Waals surface area contributed by atoms with Gasteiger partial charge in [0.15, 0.2) is 11.6 Å². The molecule has 13 heteroatoms. The lowest BCUT2D eigenvalue weighted by molar-refractivity contribution is -0.116. The topological polar surface area (TPSA) is 149 Å². The van der Waals surface area contributed by atoms with E-state index in [2.05, 4.69) is 20.0 Å². The van der Waals surface area contributed by atoms with Gasteiger partial charge in [0.05, 0.1) is 40.9 Å². The Morgan fingerprint density at radius 1 is 0.860 bits per heavy atom. The molecule has 0 aliphatic carbocycles. The zero-order valence-electron chi connectivity index (χ0n) is 23.1. The van der Waals surface area contributed by atoms with Crippen LogP contribution in [0.15, 0.2) is 95.9 Å². The Hall–Kier alpha value is -5.07. The standard InChI is InChI=1S/C30H27ClN6O5S/c1-41-21-14-19(15-22(17-21)42-2)33-29-30(35-26-12-5-4-11-25(26)34-29)36-43(39,40)23-9-7-8-20(16-23)37(18-28(32)38)27-13-6-3-10-24(27)31/h3-17H,18H2,1-2H3,(H2,32,38)(H,33,34)(H,35,36). The number of halogens is 1. The molecule has 43 heavy (non-hydrogen) atoms. The molecule has 4 aromatic carbocycles. The van der Waals surface area contributed by atoms with Gasteiger partial charge in [-0.3, -0.25) is 9.52 Å². The largest absolute Gasteiger partial charge is 0.497 e. The van der Waals surface area contributed by atoms with Crippen LogP contribution in [0.5, 0.6) is 11.5 Å². The average molecular weight is 619 g/mol. The summed E-state index contributed by atoms with van der Waals surface area (Å²) >= 11 is 6.40. The zero-order valence-corrected chi connectivity index (χ0v) is 24.7. The summed E-state index contributed by atoms with van der Waals surface area (Å²) < 4.78 is 40.8. The number of sulfonamides is 1. The molecule has 5 rings (SSSR count). The number of para-hydroxylation sites is 3. The van der Waals surface area contributed by atoms with Gasteiger partial charge >= 0.3 is 0 Å². The zero-order chi connectivity index (χ0) is 30.6. The first-order valence-corrected chi connectivity index (χ1v) is 14.7. The van der Waals surface area contributed by atoms with Crippen molar-refractivity contribution < 1.29 is 22.7 Å². The van der Waals surface area contributed by atoms with E-state index in [1.54, 1.807) is 77.7 Å². The highest BCUT2D eigenvalue weighted by Gasteiger charge is 2.22. The Kier molecular flexibility index (Phi) is 8.51. The smallest absolute Gasteiger partial charge is 0.263 e. The number of nitrogens with two attached hydrogens (primary N) is 1. The highest BCUT2D eigenvalue weighted by Crippen LogP contribution is 2.34. The Bertz CT molecular complexity index is 1900. The molecule has 0 fully saturated rings. The first kappa shape index (κ1) is 29.4. The lowest BCUT2D eigenvalue weighted by atomic mass is 10.2. The predicted molar refractivity (Wildman–Crippen MR) is 167 cm³/mol. The van der Waals surface area contributed by atoms with E-state index in [1.807, 2.05) is 6.07 Å². The minimum absolute atomic E-state index is 0.0361. The van der Waals surface area contributed by atoms with Crippen LogP contribution in [0.1, 0.15) is 0 Å². The number of hydrogen-bond donors (Lipinski definition) is 3. The van der Waals surface area contributed by atoms with Crippen molar-refractivity contribution in [1.82, 2.24) is 9.97 Å². The Morgan fingerprint density at radius 2 is 1.49 bits per heavy atom. The number of fused-ring (bicyclic) bond motifs is 1. The highest BCUT2D eigenvalue weighted by molar-refractivity contribution is 7.92. The fraction of sp³-hybridized carbons (Fsp3) is 0.100. The molecule has 0 spiro atoms. The molecule has 0 atom stereocenters. The number of primary amides is 1. The number of hydrogen-bond acceptors (Lipinski definition) is 9. The molecule has 220 valence electrons. The molecule has 0 aliphatic rings. The average Bonchev–Trinajstić information content (AvgIpc) is 3.00. The van der Waals surface area contributed by atoms with Gasteiger partial charge in [0.2, 0.25) is 5.91 Å². The molecule has 1 aromatic heterocycles. The van der Waals surface area contributed by atoms with Gasteiger partial charge in [-0.1, -0.05) is 41.9 Å². The molecule has 5 aromatic rings. The van der Waals surface area contributed by atoms with E-state index in [9.17, 15) is 13.2 Å². The van der Waals surface area contributed by atoms with Gasteiger partial charge in [-0.2, -0.15) is 0 Å². The number of carbonyl (C=O) groups excluding carboxylic acids is 1. The number of amides is 1. The summed E-state index contributed by atoms with van der Waals surface area (Å²) in [6.07, 6.45) is 0. The minimum Gasteiger partial charge on any atom is -0.497 e. The minimum atomic E-state index is -4.22. The van der Waals surface area contributed by atoms with Crippen molar-refractivity contribution >= 4 is 67.3 Å². The second-order valence-electron chi connectivity index (χ2n) is 9.24. The van der Waals surface area contributed by atoms with Gasteiger partial charge in [-0.15, -0.1) is 0 Å². The van der Waals surface area contributed by atoms with Crippen LogP contribution in [-0.4, -0.2) is 45.1 Å². The number of nitrogens with one attached hydrogen (secondary N) is 2. The highest BCUT2D eigenvalue weighted by atomic mass is 35.5. The van der Waals surface area contributed by atoms with Gasteiger partial charge in [-0.05, 0) is 42.5 Å². The monoisotopic (exact) mass is 618 g/mol. The Balaban J connectivity index is 1.55. The summed E-state index contributed by atoms with van der Waals surface area (Å²) in [4.78, 5) is 22.6. The maximum absolute atomic E-state index is 13.8. The molecule has 0 bridgehead atoms. The third-order valence-corrected chi connectivity index (χ3v) is 7.97. The molecule has 11 nitrogen and oxygen atoms in total. The number of ether oxygens (including phenoxy) is 2. The van der Waals surface area contributed by atoms with Crippen LogP contribution in [0.2, 0.25) is 5.02 Å². The normalized spacial score (nSPS) is 11.1. The number of methoxy groups -OCH3 is 2. The Labute approximate surface area is 253 Å². The van der Waals surface area contributed by atoms with E-state index >= 15 is 0 Å². The van der Waals surface area contributed by atoms with E-state index in [-0.39, 0.29) is 23.1 Å². The third kappa shape index (κ3) is 6.71. The summed E-state index contributed by atoms with van der Waals surface area (Å²) in [5.41, 5.74) is 7.96. The lowest BCUT2D eigenvalue weighted by Crippen LogP contribution is -2.30. The van der Waals surface area contributed by atoms with Crippen molar-refractivity contribution in [3.63, 3.8) is 0 Å². The summed E-state index contributed by atoms with van der Waals surface area (Å²) in [7, 11) is -1.16. The Morgan fingerprint density at radius 3 is 2.12 bits per heavy atom. The van der Waals surface area contributed by atoms with E-state index in [1.165, 1.54) is 26.4 Å². The molecule has 0 saturated heterocycles. The maximum Gasteiger partial charge on any atom is 0.263 e. The van der Waals surface area contributed by atoms with Gasteiger partial charge in [-0.25, -0.2) is 18.4 Å². The van der Waals surface area contributed by atoms with Crippen LogP contribution in [0.3, 0.4) is 0 Å².